The summed E-state index contributed by atoms with van der Waals surface area (Å²) in [5.74, 6) is -1.59. The number of fused-ring (bicyclic) bond motifs is 2. The van der Waals surface area contributed by atoms with Crippen molar-refractivity contribution in [3.63, 3.8) is 0 Å². The normalized spacial score (nSPS) is 14.3. The van der Waals surface area contributed by atoms with Crippen LogP contribution in [0.15, 0.2) is 41.4 Å². The molecule has 0 atom stereocenters. The number of carbonyl (C=O) groups excluding carboxylic acids is 1. The second-order valence-electron chi connectivity index (χ2n) is 8.59. The number of hydrogen-bond acceptors (Lipinski definition) is 7. The van der Waals surface area contributed by atoms with E-state index in [9.17, 15) is 32.8 Å². The number of phenolic OH excluding ortho intramolecular Hbond substituents is 1. The first-order valence-electron chi connectivity index (χ1n) is 10.3. The quantitative estimate of drug-likeness (QED) is 0.388. The van der Waals surface area contributed by atoms with Gasteiger partial charge in [-0.3, -0.25) is 24.2 Å². The molecule has 186 valence electrons. The van der Waals surface area contributed by atoms with Gasteiger partial charge < -0.3 is 10.0 Å². The Labute approximate surface area is 202 Å². The molecule has 3 aromatic rings. The number of amides is 1. The Balaban J connectivity index is 1.87. The van der Waals surface area contributed by atoms with Gasteiger partial charge in [0, 0.05) is 60.0 Å². The molecule has 0 unspecified atom stereocenters. The third kappa shape index (κ3) is 4.04. The number of nitro groups is 1. The third-order valence-corrected chi connectivity index (χ3v) is 9.45. The number of anilines is 1. The van der Waals surface area contributed by atoms with Crippen LogP contribution in [0.5, 0.6) is 5.75 Å². The molecule has 4 rings (SSSR count). The molecule has 1 aliphatic rings. The number of phenols is 1. The smallest absolute Gasteiger partial charge is 0.258 e. The van der Waals surface area contributed by atoms with Gasteiger partial charge in [-0.15, -0.1) is 0 Å². The zero-order valence-corrected chi connectivity index (χ0v) is 21.0. The van der Waals surface area contributed by atoms with Gasteiger partial charge in [0.05, 0.1) is 26.7 Å². The Morgan fingerprint density at radius 2 is 1.94 bits per heavy atom. The highest BCUT2D eigenvalue weighted by molar-refractivity contribution is 8.27. The molecule has 1 N–H and O–H groups in total. The highest BCUT2D eigenvalue weighted by Crippen LogP contribution is 2.51. The summed E-state index contributed by atoms with van der Waals surface area (Å²) in [5.41, 5.74) is 0.907. The number of aromatic hydroxyl groups is 1. The van der Waals surface area contributed by atoms with Crippen molar-refractivity contribution in [2.75, 3.05) is 30.1 Å². The molecule has 0 aliphatic carbocycles. The Morgan fingerprint density at radius 1 is 1.26 bits per heavy atom. The molecule has 10 nitrogen and oxygen atoms in total. The topological polar surface area (TPSA) is 134 Å². The van der Waals surface area contributed by atoms with Gasteiger partial charge in [0.1, 0.15) is 11.3 Å². The van der Waals surface area contributed by atoms with Gasteiger partial charge >= 0.3 is 0 Å². The molecule has 0 saturated heterocycles. The van der Waals surface area contributed by atoms with Crippen molar-refractivity contribution in [3.8, 4) is 5.75 Å². The van der Waals surface area contributed by atoms with Crippen molar-refractivity contribution in [3.05, 3.63) is 69.2 Å². The molecule has 0 saturated carbocycles. The highest BCUT2D eigenvalue weighted by Gasteiger charge is 2.38. The fourth-order valence-corrected chi connectivity index (χ4v) is 6.07. The fourth-order valence-electron chi connectivity index (χ4n) is 4.20. The third-order valence-electron chi connectivity index (χ3n) is 6.08. The van der Waals surface area contributed by atoms with E-state index in [1.807, 2.05) is 0 Å². The highest BCUT2D eigenvalue weighted by atomic mass is 32.3. The molecule has 2 heterocycles. The Hall–Kier alpha value is -3.45. The fraction of sp³-hybridized carbons (Fsp3) is 0.273. The standard InChI is InChI=1S/C22H23FN4O6S2/c1-25(35(4,32)33)20-15-6-5-9-24-19(15)21(28)18-16(20)12-26(22(18)29)11-13-7-8-14(23)10-17(13)34(2,3)27(30)31/h5-10,28H,11-12H2,1-4H3. The van der Waals surface area contributed by atoms with Crippen LogP contribution in [-0.2, 0) is 23.1 Å². The number of carbonyl (C=O) groups is 1. The summed E-state index contributed by atoms with van der Waals surface area (Å²) in [5, 5.41) is 23.0. The number of rotatable bonds is 6. The predicted octanol–water partition coefficient (Wildman–Crippen LogP) is 3.25. The van der Waals surface area contributed by atoms with Crippen molar-refractivity contribution in [1.82, 2.24) is 9.88 Å². The van der Waals surface area contributed by atoms with Crippen molar-refractivity contribution in [2.24, 2.45) is 0 Å². The minimum atomic E-state index is -3.74. The van der Waals surface area contributed by atoms with E-state index in [1.165, 1.54) is 42.8 Å². The van der Waals surface area contributed by atoms with Gasteiger partial charge in [-0.1, -0.05) is 6.07 Å². The Bertz CT molecular complexity index is 1510. The Morgan fingerprint density at radius 3 is 2.57 bits per heavy atom. The number of pyridine rings is 1. The molecule has 0 fully saturated rings. The molecule has 0 radical (unpaired) electrons. The van der Waals surface area contributed by atoms with Crippen LogP contribution in [0.1, 0.15) is 21.5 Å². The summed E-state index contributed by atoms with van der Waals surface area (Å²) in [6, 6.07) is 6.88. The first kappa shape index (κ1) is 24.7. The monoisotopic (exact) mass is 522 g/mol. The molecule has 2 aromatic carbocycles. The molecule has 0 spiro atoms. The summed E-state index contributed by atoms with van der Waals surface area (Å²) >= 11 is 0. The summed E-state index contributed by atoms with van der Waals surface area (Å²) in [4.78, 5) is 30.8. The molecule has 1 aromatic heterocycles. The first-order chi connectivity index (χ1) is 16.2. The van der Waals surface area contributed by atoms with Gasteiger partial charge in [0.15, 0.2) is 5.75 Å². The van der Waals surface area contributed by atoms with Gasteiger partial charge in [-0.05, 0) is 29.8 Å². The maximum absolute atomic E-state index is 14.0. The average molecular weight is 523 g/mol. The zero-order valence-electron chi connectivity index (χ0n) is 19.4. The number of halogens is 1. The molecule has 0 bridgehead atoms. The number of sulfonamides is 1. The lowest BCUT2D eigenvalue weighted by Crippen LogP contribution is -2.27. The molecule has 13 heteroatoms. The zero-order chi connectivity index (χ0) is 25.9. The van der Waals surface area contributed by atoms with E-state index in [1.54, 1.807) is 12.1 Å². The molecular weight excluding hydrogens is 499 g/mol. The van der Waals surface area contributed by atoms with Gasteiger partial charge in [-0.2, -0.15) is 0 Å². The maximum atomic E-state index is 14.0. The predicted molar refractivity (Wildman–Crippen MR) is 131 cm³/mol. The van der Waals surface area contributed by atoms with E-state index in [0.29, 0.717) is 16.5 Å². The Kier molecular flexibility index (Phi) is 5.88. The van der Waals surface area contributed by atoms with Gasteiger partial charge in [-0.25, -0.2) is 12.8 Å². The van der Waals surface area contributed by atoms with Crippen LogP contribution in [0.25, 0.3) is 10.9 Å². The summed E-state index contributed by atoms with van der Waals surface area (Å²) in [6.07, 6.45) is 5.30. The molecule has 1 amide bonds. The summed E-state index contributed by atoms with van der Waals surface area (Å²) in [6.45, 7) is -0.161. The van der Waals surface area contributed by atoms with Crippen molar-refractivity contribution in [2.45, 2.75) is 18.0 Å². The van der Waals surface area contributed by atoms with Crippen molar-refractivity contribution >= 4 is 42.7 Å². The van der Waals surface area contributed by atoms with Crippen LogP contribution in [0.2, 0.25) is 0 Å². The number of benzene rings is 2. The first-order valence-corrected chi connectivity index (χ1v) is 14.5. The largest absolute Gasteiger partial charge is 0.505 e. The SMILES string of the molecule is CN(c1c2c(c(O)c3ncccc13)C(=O)N(Cc1ccc(F)cc1S(C)(C)[N+](=O)[O-])C2)S(C)(=O)=O. The molecular formula is C22H23FN4O6S2. The van der Waals surface area contributed by atoms with Crippen LogP contribution in [0.3, 0.4) is 0 Å². The van der Waals surface area contributed by atoms with Crippen LogP contribution < -0.4 is 4.31 Å². The van der Waals surface area contributed by atoms with E-state index in [2.05, 4.69) is 4.98 Å². The molecule has 35 heavy (non-hydrogen) atoms. The van der Waals surface area contributed by atoms with E-state index < -0.39 is 36.3 Å². The minimum Gasteiger partial charge on any atom is -0.505 e. The van der Waals surface area contributed by atoms with Crippen molar-refractivity contribution in [1.29, 1.82) is 0 Å². The number of hydrogen-bond donors (Lipinski definition) is 1. The molecule has 1 aliphatic heterocycles. The van der Waals surface area contributed by atoms with Crippen molar-refractivity contribution < 1.29 is 27.0 Å². The van der Waals surface area contributed by atoms with E-state index in [4.69, 9.17) is 0 Å². The van der Waals surface area contributed by atoms with Gasteiger partial charge in [0.25, 0.3) is 5.91 Å². The van der Waals surface area contributed by atoms with E-state index in [0.717, 1.165) is 16.6 Å². The van der Waals surface area contributed by atoms with E-state index >= 15 is 0 Å². The lowest BCUT2D eigenvalue weighted by Gasteiger charge is -2.26. The minimum absolute atomic E-state index is 0.0627. The summed E-state index contributed by atoms with van der Waals surface area (Å²) < 4.78 is 39.4. The van der Waals surface area contributed by atoms with Crippen LogP contribution in [0.4, 0.5) is 10.1 Å². The van der Waals surface area contributed by atoms with Gasteiger partial charge in [0.2, 0.25) is 10.0 Å². The lowest BCUT2D eigenvalue weighted by molar-refractivity contribution is -0.295. The second-order valence-corrected chi connectivity index (χ2v) is 13.9. The van der Waals surface area contributed by atoms with Crippen LogP contribution in [-0.4, -0.2) is 59.5 Å². The number of aromatic nitrogens is 1. The second kappa shape index (κ2) is 8.34. The lowest BCUT2D eigenvalue weighted by atomic mass is 10.0. The summed E-state index contributed by atoms with van der Waals surface area (Å²) in [7, 11) is -5.03. The van der Waals surface area contributed by atoms with Crippen LogP contribution in [0, 0.1) is 15.9 Å². The van der Waals surface area contributed by atoms with Crippen LogP contribution >= 0.6 is 10.2 Å². The number of nitrogens with zero attached hydrogens (tertiary/aromatic N) is 4. The van der Waals surface area contributed by atoms with E-state index in [-0.39, 0.29) is 40.5 Å². The maximum Gasteiger partial charge on any atom is 0.258 e. The average Bonchev–Trinajstić information content (AvgIpc) is 3.10.